The molecule has 1 aliphatic heterocycles. The Morgan fingerprint density at radius 1 is 1.15 bits per heavy atom. The molecule has 0 spiro atoms. The molecule has 20 heavy (non-hydrogen) atoms. The Kier molecular flexibility index (Phi) is 2.98. The van der Waals surface area contributed by atoms with Crippen molar-refractivity contribution in [1.82, 2.24) is 0 Å². The van der Waals surface area contributed by atoms with Crippen molar-refractivity contribution in [3.8, 4) is 5.75 Å². The van der Waals surface area contributed by atoms with Gasteiger partial charge in [-0.3, -0.25) is 4.79 Å². The molecule has 0 amide bonds. The Hall–Kier alpha value is -1.94. The van der Waals surface area contributed by atoms with Gasteiger partial charge >= 0.3 is 5.85 Å². The third kappa shape index (κ3) is 1.88. The Labute approximate surface area is 118 Å². The zero-order chi connectivity index (χ0) is 14.3. The van der Waals surface area contributed by atoms with Crippen LogP contribution >= 0.6 is 11.6 Å². The van der Waals surface area contributed by atoms with E-state index in [2.05, 4.69) is 0 Å². The van der Waals surface area contributed by atoms with Crippen LogP contribution in [-0.4, -0.2) is 12.0 Å². The maximum atomic E-state index is 14.9. The zero-order valence-corrected chi connectivity index (χ0v) is 10.9. The highest BCUT2D eigenvalue weighted by molar-refractivity contribution is 6.31. The van der Waals surface area contributed by atoms with Crippen molar-refractivity contribution in [2.45, 2.75) is 12.0 Å². The molecular formula is C15H9ClF2O2. The number of hydrogen-bond acceptors (Lipinski definition) is 2. The van der Waals surface area contributed by atoms with Gasteiger partial charge in [0, 0.05) is 10.6 Å². The molecule has 0 N–H and O–H groups in total. The van der Waals surface area contributed by atoms with Crippen LogP contribution in [0, 0.1) is 0 Å². The molecule has 1 aliphatic rings. The third-order valence-corrected chi connectivity index (χ3v) is 3.42. The fraction of sp³-hybridized carbons (Fsp3) is 0.133. The van der Waals surface area contributed by atoms with Crippen molar-refractivity contribution < 1.29 is 18.3 Å². The number of alkyl halides is 2. The van der Waals surface area contributed by atoms with Crippen LogP contribution in [0.25, 0.3) is 0 Å². The SMILES string of the molecule is O=C1c2cc(Cl)ccc2O[C@@](F)(c2ccccc2)[C@H]1F. The Bertz CT molecular complexity index is 675. The van der Waals surface area contributed by atoms with E-state index < -0.39 is 17.8 Å². The number of ether oxygens (including phenoxy) is 1. The molecule has 3 rings (SSSR count). The second-order valence-electron chi connectivity index (χ2n) is 4.48. The van der Waals surface area contributed by atoms with Crippen LogP contribution in [0.4, 0.5) is 8.78 Å². The molecule has 0 fully saturated rings. The van der Waals surface area contributed by atoms with Gasteiger partial charge in [-0.05, 0) is 18.2 Å². The number of rotatable bonds is 1. The molecule has 5 heteroatoms. The van der Waals surface area contributed by atoms with Gasteiger partial charge in [0.15, 0.2) is 0 Å². The first-order valence-electron chi connectivity index (χ1n) is 5.93. The summed E-state index contributed by atoms with van der Waals surface area (Å²) < 4.78 is 34.2. The Morgan fingerprint density at radius 3 is 2.55 bits per heavy atom. The van der Waals surface area contributed by atoms with E-state index in [0.29, 0.717) is 0 Å². The summed E-state index contributed by atoms with van der Waals surface area (Å²) in [6.45, 7) is 0. The van der Waals surface area contributed by atoms with Crippen LogP contribution < -0.4 is 4.74 Å². The number of halogens is 3. The van der Waals surface area contributed by atoms with Gasteiger partial charge in [-0.2, -0.15) is 4.39 Å². The first-order valence-corrected chi connectivity index (χ1v) is 6.31. The molecule has 2 aromatic carbocycles. The molecule has 102 valence electrons. The van der Waals surface area contributed by atoms with Crippen molar-refractivity contribution >= 4 is 17.4 Å². The van der Waals surface area contributed by atoms with Crippen molar-refractivity contribution in [3.63, 3.8) is 0 Å². The first-order chi connectivity index (χ1) is 9.52. The third-order valence-electron chi connectivity index (χ3n) is 3.19. The molecule has 1 heterocycles. The average molecular weight is 295 g/mol. The monoisotopic (exact) mass is 294 g/mol. The lowest BCUT2D eigenvalue weighted by atomic mass is 9.92. The predicted molar refractivity (Wildman–Crippen MR) is 70.5 cm³/mol. The molecule has 2 nitrogen and oxygen atoms in total. The van der Waals surface area contributed by atoms with Crippen LogP contribution in [0.2, 0.25) is 5.02 Å². The lowest BCUT2D eigenvalue weighted by Gasteiger charge is -2.34. The van der Waals surface area contributed by atoms with E-state index in [1.165, 1.54) is 30.3 Å². The minimum Gasteiger partial charge on any atom is -0.450 e. The molecular weight excluding hydrogens is 286 g/mol. The van der Waals surface area contributed by atoms with E-state index in [1.54, 1.807) is 18.2 Å². The van der Waals surface area contributed by atoms with Crippen molar-refractivity contribution in [2.24, 2.45) is 0 Å². The van der Waals surface area contributed by atoms with Gasteiger partial charge in [-0.15, -0.1) is 0 Å². The summed E-state index contributed by atoms with van der Waals surface area (Å²) in [5, 5.41) is 0.263. The summed E-state index contributed by atoms with van der Waals surface area (Å²) in [5.74, 6) is -3.81. The summed E-state index contributed by atoms with van der Waals surface area (Å²) >= 11 is 5.75. The van der Waals surface area contributed by atoms with Gasteiger partial charge in [0.1, 0.15) is 5.75 Å². The Balaban J connectivity index is 2.13. The smallest absolute Gasteiger partial charge is 0.312 e. The Morgan fingerprint density at radius 2 is 1.85 bits per heavy atom. The maximum absolute atomic E-state index is 14.9. The number of Topliss-reactive ketones (excluding diaryl/α,β-unsaturated/α-hetero) is 1. The largest absolute Gasteiger partial charge is 0.450 e. The van der Waals surface area contributed by atoms with Crippen molar-refractivity contribution in [3.05, 3.63) is 64.7 Å². The fourth-order valence-corrected chi connectivity index (χ4v) is 2.34. The molecule has 0 radical (unpaired) electrons. The number of fused-ring (bicyclic) bond motifs is 1. The molecule has 2 aromatic rings. The van der Waals surface area contributed by atoms with E-state index in [1.807, 2.05) is 0 Å². The zero-order valence-electron chi connectivity index (χ0n) is 10.1. The van der Waals surface area contributed by atoms with Gasteiger partial charge < -0.3 is 4.74 Å². The quantitative estimate of drug-likeness (QED) is 0.792. The number of benzene rings is 2. The minimum absolute atomic E-state index is 0.0142. The molecule has 0 bridgehead atoms. The van der Waals surface area contributed by atoms with E-state index in [9.17, 15) is 13.6 Å². The van der Waals surface area contributed by atoms with Crippen LogP contribution in [0.1, 0.15) is 15.9 Å². The van der Waals surface area contributed by atoms with Gasteiger partial charge in [0.05, 0.1) is 5.56 Å². The van der Waals surface area contributed by atoms with Crippen LogP contribution in [-0.2, 0) is 5.85 Å². The summed E-state index contributed by atoms with van der Waals surface area (Å²) in [4.78, 5) is 12.0. The van der Waals surface area contributed by atoms with Crippen LogP contribution in [0.3, 0.4) is 0 Å². The first kappa shape index (κ1) is 13.1. The van der Waals surface area contributed by atoms with Crippen molar-refractivity contribution in [2.75, 3.05) is 0 Å². The van der Waals surface area contributed by atoms with Crippen molar-refractivity contribution in [1.29, 1.82) is 0 Å². The molecule has 0 aromatic heterocycles. The van der Waals surface area contributed by atoms with E-state index in [0.717, 1.165) is 0 Å². The summed E-state index contributed by atoms with van der Waals surface area (Å²) in [6.07, 6.45) is -2.43. The molecule has 0 aliphatic carbocycles. The van der Waals surface area contributed by atoms with Gasteiger partial charge in [0.2, 0.25) is 12.0 Å². The second-order valence-corrected chi connectivity index (χ2v) is 4.92. The number of carbonyl (C=O) groups excluding carboxylic acids is 1. The number of ketones is 1. The summed E-state index contributed by atoms with van der Waals surface area (Å²) in [7, 11) is 0. The lowest BCUT2D eigenvalue weighted by molar-refractivity contribution is -0.120. The van der Waals surface area contributed by atoms with E-state index in [4.69, 9.17) is 16.3 Å². The standard InChI is InChI=1S/C15H9ClF2O2/c16-10-6-7-12-11(8-10)13(19)14(17)15(18,20-12)9-4-2-1-3-5-9/h1-8,14H/t14-,15-/m0/s1. The highest BCUT2D eigenvalue weighted by Crippen LogP contribution is 2.43. The fourth-order valence-electron chi connectivity index (χ4n) is 2.17. The van der Waals surface area contributed by atoms with E-state index >= 15 is 0 Å². The highest BCUT2D eigenvalue weighted by Gasteiger charge is 2.52. The van der Waals surface area contributed by atoms with Crippen LogP contribution in [0.15, 0.2) is 48.5 Å². The molecule has 0 saturated carbocycles. The number of hydrogen-bond donors (Lipinski definition) is 0. The maximum Gasteiger partial charge on any atom is 0.312 e. The summed E-state index contributed by atoms with van der Waals surface area (Å²) in [5.41, 5.74) is -0.0874. The molecule has 0 unspecified atom stereocenters. The highest BCUT2D eigenvalue weighted by atomic mass is 35.5. The minimum atomic E-state index is -2.82. The van der Waals surface area contributed by atoms with Crippen LogP contribution in [0.5, 0.6) is 5.75 Å². The summed E-state index contributed by atoms with van der Waals surface area (Å²) in [6, 6.07) is 11.6. The second kappa shape index (κ2) is 4.56. The molecule has 2 atom stereocenters. The van der Waals surface area contributed by atoms with Gasteiger partial charge in [0.25, 0.3) is 0 Å². The van der Waals surface area contributed by atoms with Gasteiger partial charge in [-0.25, -0.2) is 4.39 Å². The van der Waals surface area contributed by atoms with E-state index in [-0.39, 0.29) is 21.9 Å². The van der Waals surface area contributed by atoms with Gasteiger partial charge in [-0.1, -0.05) is 41.9 Å². The normalized spacial score (nSPS) is 24.9. The number of carbonyl (C=O) groups is 1. The lowest BCUT2D eigenvalue weighted by Crippen LogP contribution is -2.46. The average Bonchev–Trinajstić information content (AvgIpc) is 2.47. The topological polar surface area (TPSA) is 26.3 Å². The predicted octanol–water partition coefficient (Wildman–Crippen LogP) is 4.08. The molecule has 0 saturated heterocycles.